The standard InChI is InChI=1S/C17H21N5O4/c1-26-12-5-6-13(15(9-12)22(24)25)19-16-10-14(11-3-4-11)20-17(21-16)18-7-2-8-23/h5-6,9-11,23H,2-4,7-8H2,1H3,(H2,18,19,20,21). The van der Waals surface area contributed by atoms with Gasteiger partial charge in [0.15, 0.2) is 0 Å². The van der Waals surface area contributed by atoms with Crippen LogP contribution in [0.25, 0.3) is 0 Å². The second kappa shape index (κ2) is 7.96. The summed E-state index contributed by atoms with van der Waals surface area (Å²) in [6, 6.07) is 6.43. The molecule has 1 aliphatic carbocycles. The summed E-state index contributed by atoms with van der Waals surface area (Å²) in [5, 5.41) is 26.3. The first kappa shape index (κ1) is 17.9. The first-order valence-electron chi connectivity index (χ1n) is 8.44. The maximum absolute atomic E-state index is 11.3. The Hall–Kier alpha value is -2.94. The molecule has 138 valence electrons. The number of aromatic nitrogens is 2. The van der Waals surface area contributed by atoms with Gasteiger partial charge >= 0.3 is 0 Å². The highest BCUT2D eigenvalue weighted by molar-refractivity contribution is 5.70. The highest BCUT2D eigenvalue weighted by Gasteiger charge is 2.26. The zero-order valence-electron chi connectivity index (χ0n) is 14.4. The molecule has 9 heteroatoms. The molecule has 0 radical (unpaired) electrons. The van der Waals surface area contributed by atoms with Crippen LogP contribution in [0.3, 0.4) is 0 Å². The Balaban J connectivity index is 1.87. The van der Waals surface area contributed by atoms with Crippen molar-refractivity contribution in [3.63, 3.8) is 0 Å². The Labute approximate surface area is 150 Å². The van der Waals surface area contributed by atoms with Gasteiger partial charge in [-0.25, -0.2) is 4.98 Å². The van der Waals surface area contributed by atoms with Crippen LogP contribution in [-0.2, 0) is 0 Å². The van der Waals surface area contributed by atoms with Crippen LogP contribution in [0.15, 0.2) is 24.3 Å². The van der Waals surface area contributed by atoms with E-state index >= 15 is 0 Å². The van der Waals surface area contributed by atoms with Crippen molar-refractivity contribution < 1.29 is 14.8 Å². The first-order valence-corrected chi connectivity index (χ1v) is 8.44. The molecule has 0 bridgehead atoms. The summed E-state index contributed by atoms with van der Waals surface area (Å²) in [5.74, 6) is 1.75. The molecule has 3 N–H and O–H groups in total. The number of ether oxygens (including phenoxy) is 1. The molecule has 0 aliphatic heterocycles. The summed E-state index contributed by atoms with van der Waals surface area (Å²) in [7, 11) is 1.46. The van der Waals surface area contributed by atoms with Gasteiger partial charge in [0, 0.05) is 25.1 Å². The average molecular weight is 359 g/mol. The summed E-state index contributed by atoms with van der Waals surface area (Å²) >= 11 is 0. The van der Waals surface area contributed by atoms with Crippen LogP contribution in [0.5, 0.6) is 5.75 Å². The van der Waals surface area contributed by atoms with E-state index < -0.39 is 4.92 Å². The number of hydrogen-bond donors (Lipinski definition) is 3. The van der Waals surface area contributed by atoms with Gasteiger partial charge in [-0.1, -0.05) is 0 Å². The lowest BCUT2D eigenvalue weighted by Gasteiger charge is -2.11. The molecular weight excluding hydrogens is 338 g/mol. The van der Waals surface area contributed by atoms with Crippen LogP contribution in [0.2, 0.25) is 0 Å². The lowest BCUT2D eigenvalue weighted by atomic mass is 10.2. The van der Waals surface area contributed by atoms with Crippen LogP contribution >= 0.6 is 0 Å². The highest BCUT2D eigenvalue weighted by atomic mass is 16.6. The van der Waals surface area contributed by atoms with Crippen LogP contribution in [0, 0.1) is 10.1 Å². The largest absolute Gasteiger partial charge is 0.496 e. The molecule has 0 saturated heterocycles. The van der Waals surface area contributed by atoms with E-state index in [4.69, 9.17) is 9.84 Å². The second-order valence-corrected chi connectivity index (χ2v) is 6.05. The summed E-state index contributed by atoms with van der Waals surface area (Å²) in [6.45, 7) is 0.630. The number of nitrogens with one attached hydrogen (secondary N) is 2. The molecule has 0 spiro atoms. The fourth-order valence-corrected chi connectivity index (χ4v) is 2.51. The quantitative estimate of drug-likeness (QED) is 0.355. The van der Waals surface area contributed by atoms with Crippen LogP contribution in [0.4, 0.5) is 23.1 Å². The van der Waals surface area contributed by atoms with Crippen molar-refractivity contribution in [1.29, 1.82) is 0 Å². The van der Waals surface area contributed by atoms with E-state index in [9.17, 15) is 10.1 Å². The zero-order valence-corrected chi connectivity index (χ0v) is 14.4. The lowest BCUT2D eigenvalue weighted by Crippen LogP contribution is -2.09. The predicted octanol–water partition coefficient (Wildman–Crippen LogP) is 2.81. The van der Waals surface area contributed by atoms with Gasteiger partial charge in [-0.05, 0) is 31.4 Å². The Bertz CT molecular complexity index is 795. The van der Waals surface area contributed by atoms with Gasteiger partial charge in [-0.15, -0.1) is 0 Å². The number of aliphatic hydroxyl groups excluding tert-OH is 1. The van der Waals surface area contributed by atoms with Gasteiger partial charge in [-0.3, -0.25) is 10.1 Å². The number of aliphatic hydroxyl groups is 1. The molecule has 0 atom stereocenters. The van der Waals surface area contributed by atoms with Crippen LogP contribution in [-0.4, -0.2) is 40.3 Å². The van der Waals surface area contributed by atoms with E-state index in [1.807, 2.05) is 6.07 Å². The van der Waals surface area contributed by atoms with Crippen molar-refractivity contribution >= 4 is 23.1 Å². The van der Waals surface area contributed by atoms with Gasteiger partial charge in [0.05, 0.1) is 23.8 Å². The number of nitro groups is 1. The van der Waals surface area contributed by atoms with E-state index in [1.165, 1.54) is 13.2 Å². The summed E-state index contributed by atoms with van der Waals surface area (Å²) in [4.78, 5) is 19.8. The molecule has 3 rings (SSSR count). The van der Waals surface area contributed by atoms with Crippen LogP contribution < -0.4 is 15.4 Å². The third-order valence-electron chi connectivity index (χ3n) is 4.02. The van der Waals surface area contributed by atoms with E-state index in [-0.39, 0.29) is 12.3 Å². The van der Waals surface area contributed by atoms with Crippen molar-refractivity contribution in [2.24, 2.45) is 0 Å². The third kappa shape index (κ3) is 4.37. The summed E-state index contributed by atoms with van der Waals surface area (Å²) in [6.07, 6.45) is 2.74. The van der Waals surface area contributed by atoms with Gasteiger partial charge < -0.3 is 20.5 Å². The molecule has 26 heavy (non-hydrogen) atoms. The number of nitro benzene ring substituents is 1. The SMILES string of the molecule is COc1ccc(Nc2cc(C3CC3)nc(NCCCO)n2)c([N+](=O)[O-])c1. The van der Waals surface area contributed by atoms with Gasteiger partial charge in [-0.2, -0.15) is 4.98 Å². The minimum atomic E-state index is -0.464. The molecule has 0 amide bonds. The van der Waals surface area contributed by atoms with Crippen molar-refractivity contribution in [2.75, 3.05) is 30.9 Å². The molecule has 1 saturated carbocycles. The molecule has 9 nitrogen and oxygen atoms in total. The fraction of sp³-hybridized carbons (Fsp3) is 0.412. The Morgan fingerprint density at radius 1 is 1.35 bits per heavy atom. The number of anilines is 3. The van der Waals surface area contributed by atoms with Gasteiger partial charge in [0.25, 0.3) is 5.69 Å². The molecule has 1 aromatic heterocycles. The third-order valence-corrected chi connectivity index (χ3v) is 4.02. The molecule has 0 unspecified atom stereocenters. The van der Waals surface area contributed by atoms with Crippen molar-refractivity contribution in [1.82, 2.24) is 9.97 Å². The Morgan fingerprint density at radius 3 is 2.81 bits per heavy atom. The van der Waals surface area contributed by atoms with E-state index in [2.05, 4.69) is 20.6 Å². The van der Waals surface area contributed by atoms with Crippen LogP contribution in [0.1, 0.15) is 30.9 Å². The maximum atomic E-state index is 11.3. The molecule has 1 aliphatic rings. The van der Waals surface area contributed by atoms with Crippen molar-refractivity contribution in [3.8, 4) is 5.75 Å². The molecule has 2 aromatic rings. The van der Waals surface area contributed by atoms with Crippen molar-refractivity contribution in [2.45, 2.75) is 25.2 Å². The fourth-order valence-electron chi connectivity index (χ4n) is 2.51. The Morgan fingerprint density at radius 2 is 2.15 bits per heavy atom. The van der Waals surface area contributed by atoms with E-state index in [1.54, 1.807) is 12.1 Å². The van der Waals surface area contributed by atoms with E-state index in [0.717, 1.165) is 18.5 Å². The number of benzene rings is 1. The number of hydrogen-bond acceptors (Lipinski definition) is 8. The number of nitrogens with zero attached hydrogens (tertiary/aromatic N) is 3. The summed E-state index contributed by atoms with van der Waals surface area (Å²) < 4.78 is 5.05. The molecular formula is C17H21N5O4. The second-order valence-electron chi connectivity index (χ2n) is 6.05. The molecule has 1 fully saturated rings. The normalized spacial score (nSPS) is 13.3. The lowest BCUT2D eigenvalue weighted by molar-refractivity contribution is -0.384. The first-order chi connectivity index (χ1) is 12.6. The maximum Gasteiger partial charge on any atom is 0.296 e. The summed E-state index contributed by atoms with van der Waals surface area (Å²) in [5.41, 5.74) is 1.15. The minimum absolute atomic E-state index is 0.0818. The average Bonchev–Trinajstić information content (AvgIpc) is 3.47. The van der Waals surface area contributed by atoms with E-state index in [0.29, 0.717) is 42.1 Å². The Kier molecular flexibility index (Phi) is 5.47. The topological polar surface area (TPSA) is 122 Å². The highest BCUT2D eigenvalue weighted by Crippen LogP contribution is 2.40. The monoisotopic (exact) mass is 359 g/mol. The number of rotatable bonds is 9. The van der Waals surface area contributed by atoms with Crippen molar-refractivity contribution in [3.05, 3.63) is 40.1 Å². The predicted molar refractivity (Wildman–Crippen MR) is 97.1 cm³/mol. The molecule has 1 aromatic carbocycles. The van der Waals surface area contributed by atoms with Gasteiger partial charge in [0.2, 0.25) is 5.95 Å². The minimum Gasteiger partial charge on any atom is -0.496 e. The number of methoxy groups -OCH3 is 1. The van der Waals surface area contributed by atoms with Gasteiger partial charge in [0.1, 0.15) is 17.3 Å². The molecule has 1 heterocycles. The zero-order chi connectivity index (χ0) is 18.5. The smallest absolute Gasteiger partial charge is 0.296 e.